The monoisotopic (exact) mass is 350 g/mol. The predicted molar refractivity (Wildman–Crippen MR) is 77.4 cm³/mol. The van der Waals surface area contributed by atoms with Crippen molar-refractivity contribution >= 4 is 49.8 Å². The molecule has 8 nitrogen and oxygen atoms in total. The van der Waals surface area contributed by atoms with Gasteiger partial charge in [0.1, 0.15) is 36.2 Å². The van der Waals surface area contributed by atoms with E-state index in [0.29, 0.717) is 11.5 Å². The molecular weight excluding hydrogens is 335 g/mol. The van der Waals surface area contributed by atoms with E-state index in [4.69, 9.17) is 18.6 Å². The number of hydrogen-bond donors (Lipinski definition) is 2. The molecule has 0 bridgehead atoms. The van der Waals surface area contributed by atoms with Crippen LogP contribution >= 0.6 is 0 Å². The molecule has 0 radical (unpaired) electrons. The Morgan fingerprint density at radius 1 is 0.762 bits per heavy atom. The van der Waals surface area contributed by atoms with Gasteiger partial charge < -0.3 is 9.47 Å². The molecule has 0 aromatic heterocycles. The predicted octanol–water partition coefficient (Wildman–Crippen LogP) is -0.429. The van der Waals surface area contributed by atoms with E-state index in [9.17, 15) is 16.8 Å². The summed E-state index contributed by atoms with van der Waals surface area (Å²) in [5, 5.41) is 0. The SMILES string of the molecule is O=S(=O)(O)CCOc1ccc(OCCS(=O)(=O)O)cc1.[NaH]. The second kappa shape index (κ2) is 8.93. The van der Waals surface area contributed by atoms with Gasteiger partial charge in [0, 0.05) is 0 Å². The Hall–Kier alpha value is -0.360. The summed E-state index contributed by atoms with van der Waals surface area (Å²) in [5.74, 6) is -0.286. The second-order valence-electron chi connectivity index (χ2n) is 3.74. The number of rotatable bonds is 8. The molecule has 1 aromatic carbocycles. The minimum absolute atomic E-state index is 0. The molecule has 0 aliphatic carbocycles. The first-order valence-corrected chi connectivity index (χ1v) is 8.63. The van der Waals surface area contributed by atoms with E-state index in [2.05, 4.69) is 0 Å². The molecule has 0 saturated heterocycles. The van der Waals surface area contributed by atoms with Crippen LogP contribution < -0.4 is 9.47 Å². The first-order valence-electron chi connectivity index (χ1n) is 5.42. The Labute approximate surface area is 145 Å². The van der Waals surface area contributed by atoms with E-state index >= 15 is 0 Å². The summed E-state index contributed by atoms with van der Waals surface area (Å²) in [6, 6.07) is 5.97. The van der Waals surface area contributed by atoms with Gasteiger partial charge in [-0.3, -0.25) is 9.11 Å². The fourth-order valence-electron chi connectivity index (χ4n) is 1.16. The van der Waals surface area contributed by atoms with Gasteiger partial charge in [-0.2, -0.15) is 16.8 Å². The molecule has 0 fully saturated rings. The van der Waals surface area contributed by atoms with Gasteiger partial charge in [-0.1, -0.05) is 0 Å². The quantitative estimate of drug-likeness (QED) is 0.478. The van der Waals surface area contributed by atoms with Crippen LogP contribution in [0.5, 0.6) is 11.5 Å². The summed E-state index contributed by atoms with van der Waals surface area (Å²) in [6.45, 7) is -0.385. The molecule has 0 aliphatic heterocycles. The van der Waals surface area contributed by atoms with Crippen LogP contribution in [0, 0.1) is 0 Å². The molecule has 0 saturated carbocycles. The van der Waals surface area contributed by atoms with Crippen LogP contribution in [-0.2, 0) is 20.2 Å². The van der Waals surface area contributed by atoms with Crippen LogP contribution in [0.1, 0.15) is 0 Å². The van der Waals surface area contributed by atoms with Crippen molar-refractivity contribution in [1.82, 2.24) is 0 Å². The Morgan fingerprint density at radius 3 is 1.29 bits per heavy atom. The third-order valence-corrected chi connectivity index (χ3v) is 3.41. The average molecular weight is 350 g/mol. The molecule has 1 rings (SSSR count). The van der Waals surface area contributed by atoms with Crippen LogP contribution in [0.15, 0.2) is 24.3 Å². The number of hydrogen-bond acceptors (Lipinski definition) is 6. The molecule has 11 heteroatoms. The summed E-state index contributed by atoms with van der Waals surface area (Å²) in [6.07, 6.45) is 0. The molecule has 21 heavy (non-hydrogen) atoms. The van der Waals surface area contributed by atoms with E-state index in [1.54, 1.807) is 0 Å². The Morgan fingerprint density at radius 2 is 1.05 bits per heavy atom. The maximum atomic E-state index is 10.5. The molecule has 116 valence electrons. The van der Waals surface area contributed by atoms with Crippen LogP contribution in [0.3, 0.4) is 0 Å². The second-order valence-corrected chi connectivity index (χ2v) is 6.88. The van der Waals surface area contributed by atoms with E-state index in [1.165, 1.54) is 24.3 Å². The van der Waals surface area contributed by atoms with Crippen molar-refractivity contribution in [1.29, 1.82) is 0 Å². The van der Waals surface area contributed by atoms with Crippen molar-refractivity contribution in [3.8, 4) is 11.5 Å². The fourth-order valence-corrected chi connectivity index (χ4v) is 1.75. The normalized spacial score (nSPS) is 11.5. The van der Waals surface area contributed by atoms with Gasteiger partial charge in [0.15, 0.2) is 0 Å². The van der Waals surface area contributed by atoms with E-state index in [-0.39, 0.29) is 42.8 Å². The van der Waals surface area contributed by atoms with Crippen LogP contribution in [-0.4, -0.2) is 80.2 Å². The van der Waals surface area contributed by atoms with E-state index in [0.717, 1.165) is 0 Å². The van der Waals surface area contributed by atoms with Gasteiger partial charge in [0.2, 0.25) is 0 Å². The van der Waals surface area contributed by atoms with E-state index < -0.39 is 31.7 Å². The van der Waals surface area contributed by atoms with Crippen LogP contribution in [0.4, 0.5) is 0 Å². The third-order valence-electron chi connectivity index (χ3n) is 2.04. The third kappa shape index (κ3) is 10.9. The van der Waals surface area contributed by atoms with Crippen molar-refractivity contribution in [3.63, 3.8) is 0 Å². The zero-order chi connectivity index (χ0) is 15.2. The topological polar surface area (TPSA) is 127 Å². The van der Waals surface area contributed by atoms with Gasteiger partial charge in [-0.05, 0) is 24.3 Å². The number of benzene rings is 1. The summed E-state index contributed by atoms with van der Waals surface area (Å²) in [5.41, 5.74) is 0. The van der Waals surface area contributed by atoms with Gasteiger partial charge in [0.05, 0.1) is 0 Å². The molecule has 0 heterocycles. The fraction of sp³-hybridized carbons (Fsp3) is 0.400. The van der Waals surface area contributed by atoms with Crippen molar-refractivity contribution in [2.45, 2.75) is 0 Å². The first-order chi connectivity index (χ1) is 9.16. The van der Waals surface area contributed by atoms with Crippen molar-refractivity contribution < 1.29 is 35.4 Å². The first kappa shape index (κ1) is 20.6. The standard InChI is InChI=1S/C10H14O8S2.Na.H/c11-19(12,13)7-5-17-9-1-2-10(4-3-9)18-6-8-20(14,15)16;;/h1-4H,5-8H2,(H,11,12,13)(H,14,15,16);;. The average Bonchev–Trinajstić information content (AvgIpc) is 2.28. The Balaban J connectivity index is 0.00000400. The summed E-state index contributed by atoms with van der Waals surface area (Å²) < 4.78 is 69.0. The van der Waals surface area contributed by atoms with Gasteiger partial charge in [0.25, 0.3) is 20.2 Å². The van der Waals surface area contributed by atoms with Crippen LogP contribution in [0.25, 0.3) is 0 Å². The minimum atomic E-state index is -4.06. The van der Waals surface area contributed by atoms with E-state index in [1.807, 2.05) is 0 Å². The van der Waals surface area contributed by atoms with Gasteiger partial charge in [-0.25, -0.2) is 0 Å². The van der Waals surface area contributed by atoms with Gasteiger partial charge >= 0.3 is 29.6 Å². The van der Waals surface area contributed by atoms with Crippen molar-refractivity contribution in [2.24, 2.45) is 0 Å². The van der Waals surface area contributed by atoms with Crippen LogP contribution in [0.2, 0.25) is 0 Å². The molecule has 0 unspecified atom stereocenters. The Bertz CT molecular complexity index is 567. The molecule has 0 aliphatic rings. The summed E-state index contributed by atoms with van der Waals surface area (Å²) in [7, 11) is -8.12. The number of ether oxygens (including phenoxy) is 2. The van der Waals surface area contributed by atoms with Crippen molar-refractivity contribution in [3.05, 3.63) is 24.3 Å². The molecule has 0 spiro atoms. The zero-order valence-electron chi connectivity index (χ0n) is 10.3. The zero-order valence-corrected chi connectivity index (χ0v) is 11.9. The van der Waals surface area contributed by atoms with Crippen molar-refractivity contribution in [2.75, 3.05) is 24.7 Å². The molecule has 0 atom stereocenters. The molecule has 2 N–H and O–H groups in total. The summed E-state index contributed by atoms with van der Waals surface area (Å²) >= 11 is 0. The van der Waals surface area contributed by atoms with Gasteiger partial charge in [-0.15, -0.1) is 0 Å². The molecular formula is C10H15NaO8S2. The summed E-state index contributed by atoms with van der Waals surface area (Å²) in [4.78, 5) is 0. The molecule has 1 aromatic rings. The Kier molecular flexibility index (Phi) is 8.78. The maximum absolute atomic E-state index is 10.5. The molecule has 0 amide bonds.